The Balaban J connectivity index is 1.89. The van der Waals surface area contributed by atoms with E-state index in [1.165, 1.54) is 0 Å². The summed E-state index contributed by atoms with van der Waals surface area (Å²) in [6, 6.07) is 1.83. The molecular weight excluding hydrogens is 202 g/mol. The number of ether oxygens (including phenoxy) is 1. The molecule has 0 saturated carbocycles. The van der Waals surface area contributed by atoms with Gasteiger partial charge in [0.2, 0.25) is 0 Å². The van der Waals surface area contributed by atoms with Crippen molar-refractivity contribution in [3.63, 3.8) is 0 Å². The fourth-order valence-corrected chi connectivity index (χ4v) is 2.02. The van der Waals surface area contributed by atoms with E-state index in [0.717, 1.165) is 38.2 Å². The molecule has 1 aliphatic rings. The van der Waals surface area contributed by atoms with E-state index in [9.17, 15) is 0 Å². The van der Waals surface area contributed by atoms with Crippen molar-refractivity contribution < 1.29 is 4.74 Å². The van der Waals surface area contributed by atoms with Gasteiger partial charge in [-0.2, -0.15) is 0 Å². The van der Waals surface area contributed by atoms with Gasteiger partial charge in [0.15, 0.2) is 0 Å². The van der Waals surface area contributed by atoms with Crippen molar-refractivity contribution >= 4 is 5.69 Å². The Morgan fingerprint density at radius 3 is 2.88 bits per heavy atom. The Labute approximate surface area is 96.4 Å². The monoisotopic (exact) mass is 221 g/mol. The molecule has 0 aromatic carbocycles. The summed E-state index contributed by atoms with van der Waals surface area (Å²) in [7, 11) is 0. The minimum absolute atomic E-state index is 0.299. The summed E-state index contributed by atoms with van der Waals surface area (Å²) in [6.45, 7) is 5.56. The van der Waals surface area contributed by atoms with Crippen LogP contribution in [0.4, 0.5) is 5.69 Å². The third-order valence-corrected chi connectivity index (χ3v) is 3.09. The number of nitrogen functional groups attached to an aromatic ring is 1. The lowest BCUT2D eigenvalue weighted by Crippen LogP contribution is -2.38. The highest BCUT2D eigenvalue weighted by atomic mass is 16.5. The first-order chi connectivity index (χ1) is 7.79. The van der Waals surface area contributed by atoms with Crippen LogP contribution in [0.1, 0.15) is 19.8 Å². The second-order valence-electron chi connectivity index (χ2n) is 4.16. The summed E-state index contributed by atoms with van der Waals surface area (Å²) in [5.74, 6) is 0.768. The summed E-state index contributed by atoms with van der Waals surface area (Å²) in [4.78, 5) is 6.39. The first kappa shape index (κ1) is 11.2. The number of rotatable bonds is 3. The molecule has 1 aromatic rings. The van der Waals surface area contributed by atoms with Crippen LogP contribution in [0.5, 0.6) is 5.75 Å². The van der Waals surface area contributed by atoms with E-state index >= 15 is 0 Å². The first-order valence-corrected chi connectivity index (χ1v) is 5.88. The number of nitrogens with zero attached hydrogens (tertiary/aromatic N) is 2. The number of anilines is 1. The lowest BCUT2D eigenvalue weighted by Gasteiger charge is -2.31. The van der Waals surface area contributed by atoms with E-state index in [4.69, 9.17) is 10.5 Å². The Bertz CT molecular complexity index is 335. The molecule has 0 atom stereocenters. The van der Waals surface area contributed by atoms with Gasteiger partial charge in [0, 0.05) is 25.4 Å². The normalized spacial score (nSPS) is 18.6. The molecule has 4 nitrogen and oxygen atoms in total. The number of pyridine rings is 1. The molecule has 0 amide bonds. The summed E-state index contributed by atoms with van der Waals surface area (Å²) in [5.41, 5.74) is 6.42. The fraction of sp³-hybridized carbons (Fsp3) is 0.583. The van der Waals surface area contributed by atoms with Crippen LogP contribution in [0, 0.1) is 0 Å². The molecule has 16 heavy (non-hydrogen) atoms. The maximum atomic E-state index is 5.89. The molecule has 88 valence electrons. The predicted octanol–water partition coefficient (Wildman–Crippen LogP) is 1.53. The zero-order valence-electron chi connectivity index (χ0n) is 9.72. The highest BCUT2D eigenvalue weighted by molar-refractivity contribution is 5.49. The molecular formula is C12H19N3O. The molecule has 1 saturated heterocycles. The highest BCUT2D eigenvalue weighted by Gasteiger charge is 2.19. The fourth-order valence-electron chi connectivity index (χ4n) is 2.02. The summed E-state index contributed by atoms with van der Waals surface area (Å²) >= 11 is 0. The minimum Gasteiger partial charge on any atom is -0.488 e. The van der Waals surface area contributed by atoms with Gasteiger partial charge in [-0.05, 0) is 19.4 Å². The van der Waals surface area contributed by atoms with Gasteiger partial charge in [0.05, 0.1) is 11.9 Å². The van der Waals surface area contributed by atoms with E-state index in [1.807, 2.05) is 6.07 Å². The topological polar surface area (TPSA) is 51.4 Å². The van der Waals surface area contributed by atoms with Crippen molar-refractivity contribution in [2.45, 2.75) is 25.9 Å². The first-order valence-electron chi connectivity index (χ1n) is 5.88. The highest BCUT2D eigenvalue weighted by Crippen LogP contribution is 2.23. The predicted molar refractivity (Wildman–Crippen MR) is 64.4 cm³/mol. The molecule has 2 heterocycles. The largest absolute Gasteiger partial charge is 0.488 e. The number of aromatic nitrogens is 1. The van der Waals surface area contributed by atoms with E-state index in [-0.39, 0.29) is 0 Å². The molecule has 1 aliphatic heterocycles. The average molecular weight is 221 g/mol. The van der Waals surface area contributed by atoms with Crippen LogP contribution in [-0.4, -0.2) is 35.6 Å². The number of nitrogens with two attached hydrogens (primary N) is 1. The SMILES string of the molecule is CCN1CCC(Oc2ccncc2N)CC1. The van der Waals surface area contributed by atoms with Gasteiger partial charge in [-0.3, -0.25) is 4.98 Å². The van der Waals surface area contributed by atoms with Crippen LogP contribution in [0.15, 0.2) is 18.5 Å². The van der Waals surface area contributed by atoms with Crippen molar-refractivity contribution in [2.24, 2.45) is 0 Å². The zero-order chi connectivity index (χ0) is 11.4. The third kappa shape index (κ3) is 2.64. The van der Waals surface area contributed by atoms with Crippen LogP contribution in [0.25, 0.3) is 0 Å². The molecule has 0 spiro atoms. The van der Waals surface area contributed by atoms with E-state index in [1.54, 1.807) is 12.4 Å². The molecule has 0 unspecified atom stereocenters. The van der Waals surface area contributed by atoms with Crippen LogP contribution in [-0.2, 0) is 0 Å². The second kappa shape index (κ2) is 5.16. The van der Waals surface area contributed by atoms with Crippen molar-refractivity contribution in [1.29, 1.82) is 0 Å². The van der Waals surface area contributed by atoms with E-state index in [2.05, 4.69) is 16.8 Å². The standard InChI is InChI=1S/C12H19N3O/c1-2-15-7-4-10(5-8-15)16-12-3-6-14-9-11(12)13/h3,6,9-10H,2,4-5,7-8,13H2,1H3. The summed E-state index contributed by atoms with van der Waals surface area (Å²) in [5, 5.41) is 0. The maximum Gasteiger partial charge on any atom is 0.145 e. The number of hydrogen-bond acceptors (Lipinski definition) is 4. The lowest BCUT2D eigenvalue weighted by molar-refractivity contribution is 0.104. The molecule has 2 rings (SSSR count). The Morgan fingerprint density at radius 1 is 1.50 bits per heavy atom. The smallest absolute Gasteiger partial charge is 0.145 e. The number of likely N-dealkylation sites (tertiary alicyclic amines) is 1. The van der Waals surface area contributed by atoms with E-state index in [0.29, 0.717) is 11.8 Å². The molecule has 1 aromatic heterocycles. The van der Waals surface area contributed by atoms with Gasteiger partial charge >= 0.3 is 0 Å². The average Bonchev–Trinajstić information content (AvgIpc) is 2.33. The second-order valence-corrected chi connectivity index (χ2v) is 4.16. The van der Waals surface area contributed by atoms with Gasteiger partial charge in [0.1, 0.15) is 11.9 Å². The van der Waals surface area contributed by atoms with Crippen LogP contribution < -0.4 is 10.5 Å². The van der Waals surface area contributed by atoms with Gasteiger partial charge in [-0.1, -0.05) is 6.92 Å². The Morgan fingerprint density at radius 2 is 2.25 bits per heavy atom. The van der Waals surface area contributed by atoms with Crippen molar-refractivity contribution in [1.82, 2.24) is 9.88 Å². The molecule has 0 aliphatic carbocycles. The lowest BCUT2D eigenvalue weighted by atomic mass is 10.1. The molecule has 2 N–H and O–H groups in total. The van der Waals surface area contributed by atoms with Crippen molar-refractivity contribution in [3.05, 3.63) is 18.5 Å². The minimum atomic E-state index is 0.299. The summed E-state index contributed by atoms with van der Waals surface area (Å²) < 4.78 is 5.89. The Kier molecular flexibility index (Phi) is 3.62. The van der Waals surface area contributed by atoms with E-state index < -0.39 is 0 Å². The van der Waals surface area contributed by atoms with Crippen LogP contribution in [0.2, 0.25) is 0 Å². The molecule has 4 heteroatoms. The third-order valence-electron chi connectivity index (χ3n) is 3.09. The van der Waals surface area contributed by atoms with Gasteiger partial charge in [0.25, 0.3) is 0 Å². The van der Waals surface area contributed by atoms with Crippen molar-refractivity contribution in [2.75, 3.05) is 25.4 Å². The molecule has 1 fully saturated rings. The van der Waals surface area contributed by atoms with Gasteiger partial charge in [-0.15, -0.1) is 0 Å². The Hall–Kier alpha value is -1.29. The number of piperidine rings is 1. The van der Waals surface area contributed by atoms with Crippen LogP contribution >= 0.6 is 0 Å². The summed E-state index contributed by atoms with van der Waals surface area (Å²) in [6.07, 6.45) is 5.81. The zero-order valence-corrected chi connectivity index (χ0v) is 9.72. The van der Waals surface area contributed by atoms with Crippen molar-refractivity contribution in [3.8, 4) is 5.75 Å². The van der Waals surface area contributed by atoms with Crippen LogP contribution in [0.3, 0.4) is 0 Å². The maximum absolute atomic E-state index is 5.89. The van der Waals surface area contributed by atoms with Gasteiger partial charge in [-0.25, -0.2) is 0 Å². The van der Waals surface area contributed by atoms with Gasteiger partial charge < -0.3 is 15.4 Å². The molecule has 0 radical (unpaired) electrons. The quantitative estimate of drug-likeness (QED) is 0.841. The number of hydrogen-bond donors (Lipinski definition) is 1. The molecule has 0 bridgehead atoms.